The summed E-state index contributed by atoms with van der Waals surface area (Å²) in [5.74, 6) is 0. The lowest BCUT2D eigenvalue weighted by Gasteiger charge is -2.03. The van der Waals surface area contributed by atoms with Gasteiger partial charge < -0.3 is 0 Å². The van der Waals surface area contributed by atoms with E-state index in [4.69, 9.17) is 16.6 Å². The predicted molar refractivity (Wildman–Crippen MR) is 110 cm³/mol. The number of rotatable bonds is 3. The van der Waals surface area contributed by atoms with Gasteiger partial charge in [-0.2, -0.15) is 5.26 Å². The molecule has 3 aromatic carbocycles. The van der Waals surface area contributed by atoms with Crippen molar-refractivity contribution in [3.63, 3.8) is 0 Å². The third kappa shape index (κ3) is 3.25. The molecule has 0 saturated heterocycles. The number of nitriles is 1. The molecule has 0 atom stereocenters. The van der Waals surface area contributed by atoms with Crippen LogP contribution in [0.25, 0.3) is 33.7 Å². The van der Waals surface area contributed by atoms with Gasteiger partial charge in [-0.05, 0) is 34.5 Å². The molecule has 0 bridgehead atoms. The van der Waals surface area contributed by atoms with Crippen molar-refractivity contribution in [2.24, 2.45) is 0 Å². The molecule has 0 aliphatic heterocycles. The van der Waals surface area contributed by atoms with Crippen LogP contribution in [0.5, 0.6) is 0 Å². The minimum Gasteiger partial charge on any atom is -0.235 e. The molecule has 26 heavy (non-hydrogen) atoms. The van der Waals surface area contributed by atoms with E-state index in [9.17, 15) is 5.26 Å². The lowest BCUT2D eigenvalue weighted by molar-refractivity contribution is 1.38. The SMILES string of the molecule is N#C/C(=C\c1ccc(Cl)cc1)c1nc(-c2cccc3ccccc23)cs1. The van der Waals surface area contributed by atoms with Gasteiger partial charge in [0.2, 0.25) is 0 Å². The molecule has 1 heterocycles. The van der Waals surface area contributed by atoms with E-state index in [2.05, 4.69) is 30.3 Å². The summed E-state index contributed by atoms with van der Waals surface area (Å²) in [4.78, 5) is 4.72. The average molecular weight is 373 g/mol. The molecule has 0 aliphatic rings. The van der Waals surface area contributed by atoms with Crippen LogP contribution in [0.15, 0.2) is 72.1 Å². The lowest BCUT2D eigenvalue weighted by atomic mass is 10.0. The summed E-state index contributed by atoms with van der Waals surface area (Å²) in [6.45, 7) is 0. The third-order valence-electron chi connectivity index (χ3n) is 4.10. The van der Waals surface area contributed by atoms with Crippen molar-refractivity contribution in [1.82, 2.24) is 4.98 Å². The molecular formula is C22H13ClN2S. The van der Waals surface area contributed by atoms with Gasteiger partial charge in [0, 0.05) is 16.0 Å². The molecule has 4 heteroatoms. The number of thiazole rings is 1. The summed E-state index contributed by atoms with van der Waals surface area (Å²) in [5, 5.41) is 15.3. The van der Waals surface area contributed by atoms with Crippen LogP contribution in [-0.4, -0.2) is 4.98 Å². The van der Waals surface area contributed by atoms with Crippen LogP contribution >= 0.6 is 22.9 Å². The largest absolute Gasteiger partial charge is 0.235 e. The molecule has 0 aliphatic carbocycles. The van der Waals surface area contributed by atoms with Gasteiger partial charge in [0.1, 0.15) is 11.1 Å². The summed E-state index contributed by atoms with van der Waals surface area (Å²) in [5.41, 5.74) is 3.44. The van der Waals surface area contributed by atoms with Crippen molar-refractivity contribution < 1.29 is 0 Å². The van der Waals surface area contributed by atoms with Gasteiger partial charge in [-0.15, -0.1) is 11.3 Å². The van der Waals surface area contributed by atoms with Crippen molar-refractivity contribution in [2.75, 3.05) is 0 Å². The number of aromatic nitrogens is 1. The number of allylic oxidation sites excluding steroid dienone is 1. The minimum absolute atomic E-state index is 0.545. The van der Waals surface area contributed by atoms with E-state index < -0.39 is 0 Å². The highest BCUT2D eigenvalue weighted by Gasteiger charge is 2.11. The van der Waals surface area contributed by atoms with E-state index >= 15 is 0 Å². The second kappa shape index (κ2) is 7.13. The molecular weight excluding hydrogens is 360 g/mol. The van der Waals surface area contributed by atoms with Crippen molar-refractivity contribution >= 4 is 45.4 Å². The average Bonchev–Trinajstić information content (AvgIpc) is 3.17. The van der Waals surface area contributed by atoms with Crippen LogP contribution in [0.4, 0.5) is 0 Å². The molecule has 124 valence electrons. The third-order valence-corrected chi connectivity index (χ3v) is 5.23. The molecule has 0 unspecified atom stereocenters. The second-order valence-corrected chi connectivity index (χ2v) is 7.08. The Labute approximate surface area is 160 Å². The monoisotopic (exact) mass is 372 g/mol. The van der Waals surface area contributed by atoms with Gasteiger partial charge in [0.05, 0.1) is 11.3 Å². The maximum absolute atomic E-state index is 9.57. The smallest absolute Gasteiger partial charge is 0.134 e. The van der Waals surface area contributed by atoms with Crippen LogP contribution in [0.3, 0.4) is 0 Å². The first-order chi connectivity index (χ1) is 12.7. The number of nitrogens with zero attached hydrogens (tertiary/aromatic N) is 2. The normalized spacial score (nSPS) is 11.5. The maximum Gasteiger partial charge on any atom is 0.134 e. The van der Waals surface area contributed by atoms with Gasteiger partial charge >= 0.3 is 0 Å². The molecule has 1 aromatic heterocycles. The molecule has 0 amide bonds. The van der Waals surface area contributed by atoms with Gasteiger partial charge in [-0.1, -0.05) is 66.2 Å². The van der Waals surface area contributed by atoms with Crippen LogP contribution in [-0.2, 0) is 0 Å². The van der Waals surface area contributed by atoms with E-state index in [0.717, 1.165) is 22.2 Å². The number of hydrogen-bond acceptors (Lipinski definition) is 3. The molecule has 0 fully saturated rings. The first kappa shape index (κ1) is 16.5. The molecule has 4 aromatic rings. The van der Waals surface area contributed by atoms with E-state index in [1.54, 1.807) is 0 Å². The Bertz CT molecular complexity index is 1150. The molecule has 4 rings (SSSR count). The van der Waals surface area contributed by atoms with Crippen molar-refractivity contribution in [3.05, 3.63) is 87.7 Å². The van der Waals surface area contributed by atoms with Gasteiger partial charge in [-0.3, -0.25) is 0 Å². The minimum atomic E-state index is 0.545. The maximum atomic E-state index is 9.57. The zero-order chi connectivity index (χ0) is 17.9. The van der Waals surface area contributed by atoms with Crippen LogP contribution < -0.4 is 0 Å². The molecule has 2 nitrogen and oxygen atoms in total. The topological polar surface area (TPSA) is 36.7 Å². The van der Waals surface area contributed by atoms with E-state index in [-0.39, 0.29) is 0 Å². The standard InChI is InChI=1S/C22H13ClN2S/c23-18-10-8-15(9-11-18)12-17(13-24)22-25-21(14-26-22)20-7-3-5-16-4-1-2-6-19(16)20/h1-12,14H/b17-12+. The fraction of sp³-hybridized carbons (Fsp3) is 0. The zero-order valence-corrected chi connectivity index (χ0v) is 15.3. The Hall–Kier alpha value is -2.93. The van der Waals surface area contributed by atoms with Crippen molar-refractivity contribution in [2.45, 2.75) is 0 Å². The summed E-state index contributed by atoms with van der Waals surface area (Å²) < 4.78 is 0. The second-order valence-electron chi connectivity index (χ2n) is 5.79. The molecule has 0 spiro atoms. The first-order valence-electron chi connectivity index (χ1n) is 8.06. The van der Waals surface area contributed by atoms with Gasteiger partial charge in [0.25, 0.3) is 0 Å². The highest BCUT2D eigenvalue weighted by molar-refractivity contribution is 7.11. The zero-order valence-electron chi connectivity index (χ0n) is 13.7. The Morgan fingerprint density at radius 2 is 1.77 bits per heavy atom. The van der Waals surface area contributed by atoms with Crippen LogP contribution in [0, 0.1) is 11.3 Å². The predicted octanol–water partition coefficient (Wildman–Crippen LogP) is 6.68. The molecule has 0 saturated carbocycles. The van der Waals surface area contributed by atoms with Gasteiger partial charge in [-0.25, -0.2) is 4.98 Å². The molecule has 0 N–H and O–H groups in total. The Morgan fingerprint density at radius 3 is 2.58 bits per heavy atom. The Morgan fingerprint density at radius 1 is 1.00 bits per heavy atom. The summed E-state index contributed by atoms with van der Waals surface area (Å²) in [6.07, 6.45) is 1.84. The number of benzene rings is 3. The van der Waals surface area contributed by atoms with Crippen molar-refractivity contribution in [3.8, 4) is 17.3 Å². The summed E-state index contributed by atoms with van der Waals surface area (Å²) >= 11 is 7.40. The van der Waals surface area contributed by atoms with Gasteiger partial charge in [0.15, 0.2) is 0 Å². The highest BCUT2D eigenvalue weighted by atomic mass is 35.5. The summed E-state index contributed by atoms with van der Waals surface area (Å²) in [7, 11) is 0. The summed E-state index contributed by atoms with van der Waals surface area (Å²) in [6, 6.07) is 24.1. The molecule has 0 radical (unpaired) electrons. The number of hydrogen-bond donors (Lipinski definition) is 0. The van der Waals surface area contributed by atoms with Crippen molar-refractivity contribution in [1.29, 1.82) is 5.26 Å². The number of halogens is 1. The van der Waals surface area contributed by atoms with E-state index in [1.165, 1.54) is 16.7 Å². The lowest BCUT2D eigenvalue weighted by Crippen LogP contribution is -1.84. The Kier molecular flexibility index (Phi) is 4.53. The Balaban J connectivity index is 1.75. The van der Waals surface area contributed by atoms with Crippen LogP contribution in [0.2, 0.25) is 5.02 Å². The van der Waals surface area contributed by atoms with E-state index in [1.807, 2.05) is 53.9 Å². The first-order valence-corrected chi connectivity index (χ1v) is 9.32. The quantitative estimate of drug-likeness (QED) is 0.376. The fourth-order valence-corrected chi connectivity index (χ4v) is 3.75. The number of fused-ring (bicyclic) bond motifs is 1. The van der Waals surface area contributed by atoms with E-state index in [0.29, 0.717) is 15.6 Å². The van der Waals surface area contributed by atoms with Crippen LogP contribution in [0.1, 0.15) is 10.6 Å². The fourth-order valence-electron chi connectivity index (χ4n) is 2.84. The highest BCUT2D eigenvalue weighted by Crippen LogP contribution is 2.31.